The van der Waals surface area contributed by atoms with E-state index in [0.717, 1.165) is 31.6 Å². The Kier molecular flexibility index (Phi) is 3.98. The largest absolute Gasteiger partial charge is 0.371 e. The molecule has 1 aromatic carbocycles. The van der Waals surface area contributed by atoms with E-state index in [-0.39, 0.29) is 0 Å². The van der Waals surface area contributed by atoms with E-state index in [9.17, 15) is 4.21 Å². The molecule has 2 rings (SSSR count). The summed E-state index contributed by atoms with van der Waals surface area (Å²) in [6, 6.07) is 7.83. The normalized spacial score (nSPS) is 19.1. The SMILES string of the molecule is NC1CCN(c2ccc(NS(=O)O)cc2)CC1. The maximum atomic E-state index is 10.6. The van der Waals surface area contributed by atoms with Gasteiger partial charge in [0.15, 0.2) is 0 Å². The third-order valence-corrected chi connectivity index (χ3v) is 3.39. The standard InChI is InChI=1S/C11H17N3O2S/c12-9-5-7-14(8-6-9)11-3-1-10(2-4-11)13-17(15)16/h1-4,9,13H,5-8,12H2,(H,15,16). The van der Waals surface area contributed by atoms with E-state index in [2.05, 4.69) is 9.62 Å². The zero-order valence-corrected chi connectivity index (χ0v) is 10.3. The lowest BCUT2D eigenvalue weighted by atomic mass is 10.1. The van der Waals surface area contributed by atoms with Crippen LogP contribution in [0, 0.1) is 0 Å². The number of hydrogen-bond acceptors (Lipinski definition) is 3. The second-order valence-electron chi connectivity index (χ2n) is 4.22. The molecule has 0 amide bonds. The second-order valence-corrected chi connectivity index (χ2v) is 4.93. The van der Waals surface area contributed by atoms with Crippen molar-refractivity contribution in [2.24, 2.45) is 5.73 Å². The molecule has 1 aliphatic rings. The van der Waals surface area contributed by atoms with E-state index in [0.29, 0.717) is 11.7 Å². The third-order valence-electron chi connectivity index (χ3n) is 2.98. The van der Waals surface area contributed by atoms with Gasteiger partial charge in [0.05, 0.1) is 0 Å². The van der Waals surface area contributed by atoms with Gasteiger partial charge in [-0.1, -0.05) is 0 Å². The Bertz CT molecular complexity index is 388. The molecule has 1 aliphatic heterocycles. The van der Waals surface area contributed by atoms with Crippen LogP contribution in [-0.2, 0) is 11.3 Å². The number of nitrogens with one attached hydrogen (secondary N) is 1. The minimum absolute atomic E-state index is 0.323. The lowest BCUT2D eigenvalue weighted by Gasteiger charge is -2.32. The molecular formula is C11H17N3O2S. The van der Waals surface area contributed by atoms with Gasteiger partial charge in [-0.3, -0.25) is 9.27 Å². The second kappa shape index (κ2) is 5.48. The minimum Gasteiger partial charge on any atom is -0.371 e. The Hall–Kier alpha value is -1.11. The van der Waals surface area contributed by atoms with Crippen LogP contribution in [0.25, 0.3) is 0 Å². The van der Waals surface area contributed by atoms with E-state index in [1.807, 2.05) is 12.1 Å². The van der Waals surface area contributed by atoms with Crippen molar-refractivity contribution in [3.8, 4) is 0 Å². The minimum atomic E-state index is -2.01. The summed E-state index contributed by atoms with van der Waals surface area (Å²) in [7, 11) is 0. The Labute approximate surface area is 103 Å². The number of nitrogens with two attached hydrogens (primary N) is 1. The zero-order valence-electron chi connectivity index (χ0n) is 9.50. The van der Waals surface area contributed by atoms with Crippen LogP contribution in [0.15, 0.2) is 24.3 Å². The van der Waals surface area contributed by atoms with Crippen LogP contribution >= 0.6 is 0 Å². The fourth-order valence-electron chi connectivity index (χ4n) is 2.00. The van der Waals surface area contributed by atoms with Crippen LogP contribution in [0.5, 0.6) is 0 Å². The molecular weight excluding hydrogens is 238 g/mol. The molecule has 5 nitrogen and oxygen atoms in total. The molecule has 17 heavy (non-hydrogen) atoms. The molecule has 94 valence electrons. The summed E-state index contributed by atoms with van der Waals surface area (Å²) in [5.74, 6) is 0. The molecule has 4 N–H and O–H groups in total. The molecule has 1 unspecified atom stereocenters. The van der Waals surface area contributed by atoms with E-state index >= 15 is 0 Å². The molecule has 1 aromatic rings. The number of piperidine rings is 1. The summed E-state index contributed by atoms with van der Waals surface area (Å²) in [6.45, 7) is 1.94. The lowest BCUT2D eigenvalue weighted by molar-refractivity contribution is 0.501. The number of hydrogen-bond donors (Lipinski definition) is 3. The summed E-state index contributed by atoms with van der Waals surface area (Å²) < 4.78 is 21.7. The van der Waals surface area contributed by atoms with E-state index in [1.54, 1.807) is 12.1 Å². The summed E-state index contributed by atoms with van der Waals surface area (Å²) in [6.07, 6.45) is 2.03. The first kappa shape index (κ1) is 12.3. The van der Waals surface area contributed by atoms with Gasteiger partial charge in [0.1, 0.15) is 0 Å². The van der Waals surface area contributed by atoms with Gasteiger partial charge >= 0.3 is 0 Å². The van der Waals surface area contributed by atoms with Crippen LogP contribution < -0.4 is 15.4 Å². The predicted molar refractivity (Wildman–Crippen MR) is 70.3 cm³/mol. The smallest absolute Gasteiger partial charge is 0.259 e. The van der Waals surface area contributed by atoms with Gasteiger partial charge in [-0.2, -0.15) is 0 Å². The molecule has 1 saturated heterocycles. The Morgan fingerprint density at radius 2 is 1.88 bits per heavy atom. The molecule has 0 radical (unpaired) electrons. The van der Waals surface area contributed by atoms with Gasteiger partial charge in [-0.05, 0) is 37.1 Å². The third kappa shape index (κ3) is 3.42. The maximum absolute atomic E-state index is 10.6. The van der Waals surface area contributed by atoms with Crippen molar-refractivity contribution < 1.29 is 8.76 Å². The van der Waals surface area contributed by atoms with Gasteiger partial charge in [0, 0.05) is 30.5 Å². The highest BCUT2D eigenvalue weighted by Crippen LogP contribution is 2.21. The number of benzene rings is 1. The Morgan fingerprint density at radius 3 is 2.41 bits per heavy atom. The molecule has 6 heteroatoms. The first-order valence-corrected chi connectivity index (χ1v) is 6.74. The topological polar surface area (TPSA) is 78.6 Å². The summed E-state index contributed by atoms with van der Waals surface area (Å²) >= 11 is -2.01. The first-order chi connectivity index (χ1) is 8.15. The Morgan fingerprint density at radius 1 is 1.29 bits per heavy atom. The number of rotatable bonds is 3. The highest BCUT2D eigenvalue weighted by atomic mass is 32.2. The average molecular weight is 255 g/mol. The molecule has 0 bridgehead atoms. The summed E-state index contributed by atoms with van der Waals surface area (Å²) in [5.41, 5.74) is 7.63. The molecule has 0 aliphatic carbocycles. The van der Waals surface area contributed by atoms with Crippen molar-refractivity contribution in [1.82, 2.24) is 0 Å². The Balaban J connectivity index is 2.00. The number of nitrogens with zero attached hydrogens (tertiary/aromatic N) is 1. The van der Waals surface area contributed by atoms with Gasteiger partial charge in [-0.15, -0.1) is 0 Å². The van der Waals surface area contributed by atoms with Gasteiger partial charge in [-0.25, -0.2) is 4.21 Å². The van der Waals surface area contributed by atoms with E-state index < -0.39 is 11.3 Å². The molecule has 0 spiro atoms. The van der Waals surface area contributed by atoms with Crippen molar-refractivity contribution in [2.75, 3.05) is 22.7 Å². The predicted octanol–water partition coefficient (Wildman–Crippen LogP) is 1.16. The van der Waals surface area contributed by atoms with Gasteiger partial charge in [0.25, 0.3) is 11.3 Å². The molecule has 1 atom stereocenters. The highest BCUT2D eigenvalue weighted by molar-refractivity contribution is 7.80. The fourth-order valence-corrected chi connectivity index (χ4v) is 2.34. The summed E-state index contributed by atoms with van der Waals surface area (Å²) in [5, 5.41) is 0. The summed E-state index contributed by atoms with van der Waals surface area (Å²) in [4.78, 5) is 2.28. The highest BCUT2D eigenvalue weighted by Gasteiger charge is 2.15. The quantitative estimate of drug-likeness (QED) is 0.708. The van der Waals surface area contributed by atoms with Crippen LogP contribution in [-0.4, -0.2) is 27.9 Å². The van der Waals surface area contributed by atoms with Gasteiger partial charge < -0.3 is 10.6 Å². The van der Waals surface area contributed by atoms with Crippen LogP contribution in [0.4, 0.5) is 11.4 Å². The molecule has 1 fully saturated rings. The number of anilines is 2. The van der Waals surface area contributed by atoms with E-state index in [4.69, 9.17) is 10.3 Å². The maximum Gasteiger partial charge on any atom is 0.259 e. The van der Waals surface area contributed by atoms with Crippen LogP contribution in [0.2, 0.25) is 0 Å². The van der Waals surface area contributed by atoms with Crippen molar-refractivity contribution in [3.05, 3.63) is 24.3 Å². The zero-order chi connectivity index (χ0) is 12.3. The van der Waals surface area contributed by atoms with Crippen molar-refractivity contribution in [1.29, 1.82) is 0 Å². The van der Waals surface area contributed by atoms with E-state index in [1.165, 1.54) is 0 Å². The fraction of sp³-hybridized carbons (Fsp3) is 0.455. The van der Waals surface area contributed by atoms with Gasteiger partial charge in [0.2, 0.25) is 0 Å². The average Bonchev–Trinajstić information content (AvgIpc) is 2.30. The monoisotopic (exact) mass is 255 g/mol. The molecule has 0 aromatic heterocycles. The first-order valence-electron chi connectivity index (χ1n) is 5.63. The van der Waals surface area contributed by atoms with Crippen LogP contribution in [0.1, 0.15) is 12.8 Å². The van der Waals surface area contributed by atoms with Crippen molar-refractivity contribution in [3.63, 3.8) is 0 Å². The van der Waals surface area contributed by atoms with Crippen LogP contribution in [0.3, 0.4) is 0 Å². The molecule has 0 saturated carbocycles. The van der Waals surface area contributed by atoms with Crippen molar-refractivity contribution in [2.45, 2.75) is 18.9 Å². The lowest BCUT2D eigenvalue weighted by Crippen LogP contribution is -2.39. The molecule has 1 heterocycles. The van der Waals surface area contributed by atoms with Crippen molar-refractivity contribution >= 4 is 22.6 Å².